The number of carbonyl (C=O) groups excluding carboxylic acids is 2. The molecule has 3 rings (SSSR count). The number of fused-ring (bicyclic) bond motifs is 1. The van der Waals surface area contributed by atoms with Crippen molar-refractivity contribution in [2.24, 2.45) is 11.7 Å². The van der Waals surface area contributed by atoms with Gasteiger partial charge in [-0.1, -0.05) is 31.0 Å². The maximum absolute atomic E-state index is 12.6. The lowest BCUT2D eigenvalue weighted by Gasteiger charge is -2.26. The van der Waals surface area contributed by atoms with Gasteiger partial charge < -0.3 is 5.73 Å². The van der Waals surface area contributed by atoms with Gasteiger partial charge >= 0.3 is 0 Å². The van der Waals surface area contributed by atoms with Crippen LogP contribution in [0.2, 0.25) is 0 Å². The smallest absolute Gasteiger partial charge is 0.240 e. The molecule has 0 aromatic heterocycles. The molecule has 1 atom stereocenters. The highest BCUT2D eigenvalue weighted by Gasteiger charge is 2.40. The summed E-state index contributed by atoms with van der Waals surface area (Å²) in [7, 11) is 0. The third-order valence-electron chi connectivity index (χ3n) is 4.25. The summed E-state index contributed by atoms with van der Waals surface area (Å²) in [4.78, 5) is 25.9. The fourth-order valence-corrected chi connectivity index (χ4v) is 3.26. The van der Waals surface area contributed by atoms with Crippen molar-refractivity contribution in [3.8, 4) is 0 Å². The fourth-order valence-electron chi connectivity index (χ4n) is 3.26. The summed E-state index contributed by atoms with van der Waals surface area (Å²) in [6.07, 6.45) is 4.62. The minimum Gasteiger partial charge on any atom is -0.368 e. The summed E-state index contributed by atoms with van der Waals surface area (Å²) in [5.41, 5.74) is 7.37. The van der Waals surface area contributed by atoms with Crippen molar-refractivity contribution in [2.45, 2.75) is 38.1 Å². The van der Waals surface area contributed by atoms with E-state index in [4.69, 9.17) is 5.73 Å². The highest BCUT2D eigenvalue weighted by molar-refractivity contribution is 6.04. The molecule has 0 radical (unpaired) electrons. The quantitative estimate of drug-likeness (QED) is 0.876. The minimum absolute atomic E-state index is 0.0630. The molecule has 0 spiro atoms. The van der Waals surface area contributed by atoms with E-state index in [2.05, 4.69) is 0 Å². The number of rotatable bonds is 2. The number of nitrogens with zero attached hydrogens (tertiary/aromatic N) is 1. The summed E-state index contributed by atoms with van der Waals surface area (Å²) >= 11 is 0. The van der Waals surface area contributed by atoms with Gasteiger partial charge in [-0.25, -0.2) is 0 Å². The van der Waals surface area contributed by atoms with Gasteiger partial charge in [0.15, 0.2) is 0 Å². The Morgan fingerprint density at radius 3 is 2.53 bits per heavy atom. The van der Waals surface area contributed by atoms with Gasteiger partial charge in [-0.3, -0.25) is 14.5 Å². The Balaban J connectivity index is 1.95. The van der Waals surface area contributed by atoms with Gasteiger partial charge in [0.2, 0.25) is 11.8 Å². The first-order valence-electron chi connectivity index (χ1n) is 6.89. The average Bonchev–Trinajstić information content (AvgIpc) is 3.05. The molecule has 0 saturated heterocycles. The van der Waals surface area contributed by atoms with Crippen molar-refractivity contribution in [3.05, 3.63) is 29.8 Å². The van der Waals surface area contributed by atoms with Crippen LogP contribution in [0.1, 0.15) is 31.2 Å². The van der Waals surface area contributed by atoms with Gasteiger partial charge in [0.05, 0.1) is 0 Å². The monoisotopic (exact) mass is 258 g/mol. The van der Waals surface area contributed by atoms with Crippen molar-refractivity contribution in [2.75, 3.05) is 4.90 Å². The van der Waals surface area contributed by atoms with Crippen LogP contribution in [0.5, 0.6) is 0 Å². The fraction of sp³-hybridized carbons (Fsp3) is 0.467. The Bertz CT molecular complexity index is 521. The van der Waals surface area contributed by atoms with E-state index in [9.17, 15) is 9.59 Å². The van der Waals surface area contributed by atoms with Crippen molar-refractivity contribution >= 4 is 17.5 Å². The second-order valence-corrected chi connectivity index (χ2v) is 5.44. The van der Waals surface area contributed by atoms with Gasteiger partial charge in [-0.2, -0.15) is 0 Å². The summed E-state index contributed by atoms with van der Waals surface area (Å²) in [6, 6.07) is 7.20. The van der Waals surface area contributed by atoms with Crippen molar-refractivity contribution in [1.29, 1.82) is 0 Å². The van der Waals surface area contributed by atoms with Gasteiger partial charge in [0.25, 0.3) is 0 Å². The third kappa shape index (κ3) is 2.01. The third-order valence-corrected chi connectivity index (χ3v) is 4.25. The number of carbonyl (C=O) groups is 2. The van der Waals surface area contributed by atoms with Crippen molar-refractivity contribution in [1.82, 2.24) is 0 Å². The van der Waals surface area contributed by atoms with E-state index in [0.717, 1.165) is 36.9 Å². The number of hydrogen-bond acceptors (Lipinski definition) is 2. The lowest BCUT2D eigenvalue weighted by molar-refractivity contribution is -0.126. The van der Waals surface area contributed by atoms with E-state index < -0.39 is 11.9 Å². The Morgan fingerprint density at radius 2 is 1.84 bits per heavy atom. The van der Waals surface area contributed by atoms with Crippen LogP contribution < -0.4 is 10.6 Å². The average molecular weight is 258 g/mol. The van der Waals surface area contributed by atoms with Crippen LogP contribution in [0, 0.1) is 5.92 Å². The van der Waals surface area contributed by atoms with E-state index in [0.29, 0.717) is 6.42 Å². The van der Waals surface area contributed by atoms with Crippen molar-refractivity contribution in [3.63, 3.8) is 0 Å². The number of primary amides is 1. The first-order chi connectivity index (χ1) is 9.18. The van der Waals surface area contributed by atoms with E-state index >= 15 is 0 Å². The highest BCUT2D eigenvalue weighted by atomic mass is 16.2. The molecule has 1 unspecified atom stereocenters. The van der Waals surface area contributed by atoms with Crippen LogP contribution in [-0.2, 0) is 16.0 Å². The van der Waals surface area contributed by atoms with Gasteiger partial charge in [-0.15, -0.1) is 0 Å². The number of amides is 2. The van der Waals surface area contributed by atoms with Crippen LogP contribution in [0.25, 0.3) is 0 Å². The molecule has 1 saturated carbocycles. The SMILES string of the molecule is NC(=O)C1Cc2ccccc2N1C(=O)C1CCCC1. The van der Waals surface area contributed by atoms with Gasteiger partial charge in [-0.05, 0) is 24.5 Å². The summed E-state index contributed by atoms with van der Waals surface area (Å²) in [5, 5.41) is 0. The molecule has 1 aromatic rings. The Kier molecular flexibility index (Phi) is 3.01. The Hall–Kier alpha value is -1.84. The van der Waals surface area contributed by atoms with Crippen LogP contribution >= 0.6 is 0 Å². The van der Waals surface area contributed by atoms with Crippen molar-refractivity contribution < 1.29 is 9.59 Å². The van der Waals surface area contributed by atoms with E-state index in [1.165, 1.54) is 0 Å². The van der Waals surface area contributed by atoms with Crippen LogP contribution in [0.4, 0.5) is 5.69 Å². The molecular weight excluding hydrogens is 240 g/mol. The largest absolute Gasteiger partial charge is 0.368 e. The number of anilines is 1. The van der Waals surface area contributed by atoms with Gasteiger partial charge in [0.1, 0.15) is 6.04 Å². The first kappa shape index (κ1) is 12.2. The van der Waals surface area contributed by atoms with E-state index in [-0.39, 0.29) is 11.8 Å². The number of hydrogen-bond donors (Lipinski definition) is 1. The molecule has 1 aliphatic heterocycles. The molecule has 2 N–H and O–H groups in total. The molecule has 1 fully saturated rings. The zero-order chi connectivity index (χ0) is 13.4. The standard InChI is InChI=1S/C15H18N2O2/c16-14(18)13-9-11-7-3-4-8-12(11)17(13)15(19)10-5-1-2-6-10/h3-4,7-8,10,13H,1-2,5-6,9H2,(H2,16,18). The summed E-state index contributed by atoms with van der Waals surface area (Å²) in [6.45, 7) is 0. The Morgan fingerprint density at radius 1 is 1.16 bits per heavy atom. The van der Waals surface area contributed by atoms with E-state index in [1.54, 1.807) is 4.90 Å². The molecule has 100 valence electrons. The number of nitrogens with two attached hydrogens (primary N) is 1. The highest BCUT2D eigenvalue weighted by Crippen LogP contribution is 2.36. The summed E-state index contributed by atoms with van der Waals surface area (Å²) < 4.78 is 0. The molecule has 4 nitrogen and oxygen atoms in total. The predicted octanol–water partition coefficient (Wildman–Crippen LogP) is 1.62. The first-order valence-corrected chi connectivity index (χ1v) is 6.89. The topological polar surface area (TPSA) is 63.4 Å². The maximum atomic E-state index is 12.6. The lowest BCUT2D eigenvalue weighted by Crippen LogP contribution is -2.48. The molecule has 1 aliphatic carbocycles. The molecule has 19 heavy (non-hydrogen) atoms. The molecule has 1 aromatic carbocycles. The molecule has 0 bridgehead atoms. The predicted molar refractivity (Wildman–Crippen MR) is 72.6 cm³/mol. The van der Waals surface area contributed by atoms with Crippen LogP contribution in [0.15, 0.2) is 24.3 Å². The molecular formula is C15H18N2O2. The van der Waals surface area contributed by atoms with Crippen LogP contribution in [-0.4, -0.2) is 17.9 Å². The maximum Gasteiger partial charge on any atom is 0.240 e. The summed E-state index contributed by atoms with van der Waals surface area (Å²) in [5.74, 6) is -0.276. The Labute approximate surface area is 112 Å². The second-order valence-electron chi connectivity index (χ2n) is 5.44. The van der Waals surface area contributed by atoms with E-state index in [1.807, 2.05) is 24.3 Å². The normalized spacial score (nSPS) is 22.5. The second kappa shape index (κ2) is 4.68. The number of benzene rings is 1. The minimum atomic E-state index is -0.509. The van der Waals surface area contributed by atoms with Crippen LogP contribution in [0.3, 0.4) is 0 Å². The molecule has 2 aliphatic rings. The van der Waals surface area contributed by atoms with Gasteiger partial charge in [0, 0.05) is 18.0 Å². The number of para-hydroxylation sites is 1. The molecule has 2 amide bonds. The molecule has 4 heteroatoms. The zero-order valence-electron chi connectivity index (χ0n) is 10.8. The molecule has 1 heterocycles. The zero-order valence-corrected chi connectivity index (χ0v) is 10.8. The lowest BCUT2D eigenvalue weighted by atomic mass is 10.1.